The molecule has 2 aliphatic rings. The summed E-state index contributed by atoms with van der Waals surface area (Å²) < 4.78 is 0. The van der Waals surface area contributed by atoms with Crippen LogP contribution in [-0.2, 0) is 11.3 Å². The quantitative estimate of drug-likeness (QED) is 0.755. The van der Waals surface area contributed by atoms with Crippen LogP contribution in [0.4, 0.5) is 0 Å². The number of piperidine rings is 1. The summed E-state index contributed by atoms with van der Waals surface area (Å²) in [5, 5.41) is 4.64. The van der Waals surface area contributed by atoms with Gasteiger partial charge in [-0.3, -0.25) is 9.69 Å². The van der Waals surface area contributed by atoms with Crippen LogP contribution in [-0.4, -0.2) is 78.5 Å². The van der Waals surface area contributed by atoms with Gasteiger partial charge in [0.25, 0.3) is 0 Å². The molecule has 1 aromatic carbocycles. The topological polar surface area (TPSA) is 38.8 Å². The number of halogens is 1. The Balaban J connectivity index is 1.70. The number of likely N-dealkylation sites (tertiary alicyclic amines) is 2. The molecule has 2 fully saturated rings. The lowest BCUT2D eigenvalue weighted by atomic mass is 10.0. The molecule has 0 unspecified atom stereocenters. The van der Waals surface area contributed by atoms with E-state index in [2.05, 4.69) is 42.1 Å². The van der Waals surface area contributed by atoms with E-state index < -0.39 is 0 Å². The molecule has 6 heteroatoms. The minimum absolute atomic E-state index is 0.0695. The van der Waals surface area contributed by atoms with Crippen LogP contribution in [0.25, 0.3) is 0 Å². The summed E-state index contributed by atoms with van der Waals surface area (Å²) in [5.74, 6) is 0.254. The summed E-state index contributed by atoms with van der Waals surface area (Å²) in [4.78, 5) is 19.9. The van der Waals surface area contributed by atoms with Crippen molar-refractivity contribution in [2.24, 2.45) is 0 Å². The molecule has 2 saturated heterocycles. The van der Waals surface area contributed by atoms with Crippen molar-refractivity contribution in [1.29, 1.82) is 0 Å². The molecule has 0 spiro atoms. The van der Waals surface area contributed by atoms with Gasteiger partial charge in [-0.15, -0.1) is 0 Å². The number of benzene rings is 1. The third kappa shape index (κ3) is 5.26. The minimum Gasteiger partial charge on any atom is -0.342 e. The van der Waals surface area contributed by atoms with E-state index in [0.717, 1.165) is 56.3 Å². The molecule has 0 bridgehead atoms. The fourth-order valence-corrected chi connectivity index (χ4v) is 4.75. The van der Waals surface area contributed by atoms with Gasteiger partial charge in [0.05, 0.1) is 6.04 Å². The number of hydrogen-bond acceptors (Lipinski definition) is 4. The average Bonchev–Trinajstić information content (AvgIpc) is 3.08. The van der Waals surface area contributed by atoms with Crippen molar-refractivity contribution in [3.63, 3.8) is 0 Å². The molecule has 2 atom stereocenters. The number of hydrogen-bond donors (Lipinski definition) is 1. The molecule has 156 valence electrons. The van der Waals surface area contributed by atoms with E-state index in [0.29, 0.717) is 12.1 Å². The van der Waals surface area contributed by atoms with Crippen LogP contribution < -0.4 is 5.32 Å². The summed E-state index contributed by atoms with van der Waals surface area (Å²) in [6.45, 7) is 9.56. The van der Waals surface area contributed by atoms with Crippen molar-refractivity contribution >= 4 is 17.5 Å². The van der Waals surface area contributed by atoms with Gasteiger partial charge in [-0.25, -0.2) is 0 Å². The Hall–Kier alpha value is -1.14. The molecular weight excluding hydrogens is 372 g/mol. The van der Waals surface area contributed by atoms with Crippen LogP contribution in [0.3, 0.4) is 0 Å². The molecule has 3 rings (SSSR count). The smallest absolute Gasteiger partial charge is 0.239 e. The fourth-order valence-electron chi connectivity index (χ4n) is 4.56. The van der Waals surface area contributed by atoms with Gasteiger partial charge in [-0.05, 0) is 64.9 Å². The highest BCUT2D eigenvalue weighted by molar-refractivity contribution is 6.31. The number of carbonyl (C=O) groups excluding carboxylic acids is 1. The Labute approximate surface area is 175 Å². The lowest BCUT2D eigenvalue weighted by Gasteiger charge is -2.31. The highest BCUT2D eigenvalue weighted by atomic mass is 35.5. The first-order valence-corrected chi connectivity index (χ1v) is 11.1. The zero-order valence-corrected chi connectivity index (χ0v) is 18.3. The maximum atomic E-state index is 13.2. The molecule has 28 heavy (non-hydrogen) atoms. The van der Waals surface area contributed by atoms with Crippen molar-refractivity contribution in [2.75, 3.05) is 39.8 Å². The third-order valence-electron chi connectivity index (χ3n) is 6.28. The predicted molar refractivity (Wildman–Crippen MR) is 116 cm³/mol. The van der Waals surface area contributed by atoms with Gasteiger partial charge >= 0.3 is 0 Å². The number of amides is 1. The SMILES string of the molecule is CCN(CC)C(=O)[C@@H]1C[C@@H](NC2CCN(C)CC2)CN1Cc1ccccc1Cl. The number of rotatable bonds is 7. The van der Waals surface area contributed by atoms with Gasteiger partial charge in [0, 0.05) is 43.3 Å². The molecule has 5 nitrogen and oxygen atoms in total. The second-order valence-electron chi connectivity index (χ2n) is 8.22. The van der Waals surface area contributed by atoms with Crippen LogP contribution in [0, 0.1) is 0 Å². The Bertz CT molecular complexity index is 643. The van der Waals surface area contributed by atoms with E-state index in [1.807, 2.05) is 23.1 Å². The highest BCUT2D eigenvalue weighted by Gasteiger charge is 2.39. The van der Waals surface area contributed by atoms with E-state index in [4.69, 9.17) is 11.6 Å². The Morgan fingerprint density at radius 3 is 2.50 bits per heavy atom. The minimum atomic E-state index is -0.0695. The maximum absolute atomic E-state index is 13.2. The summed E-state index contributed by atoms with van der Waals surface area (Å²) in [6.07, 6.45) is 3.25. The third-order valence-corrected chi connectivity index (χ3v) is 6.65. The van der Waals surface area contributed by atoms with E-state index in [9.17, 15) is 4.79 Å². The standard InChI is InChI=1S/C22H35ClN4O/c1-4-26(5-2)22(28)21-14-19(24-18-10-12-25(3)13-11-18)16-27(21)15-17-8-6-7-9-20(17)23/h6-9,18-19,21,24H,4-5,10-16H2,1-3H3/t19-,21+/m1/s1. The van der Waals surface area contributed by atoms with Crippen LogP contribution in [0.15, 0.2) is 24.3 Å². The fraction of sp³-hybridized carbons (Fsp3) is 0.682. The second kappa shape index (κ2) is 10.1. The van der Waals surface area contributed by atoms with E-state index in [-0.39, 0.29) is 11.9 Å². The van der Waals surface area contributed by atoms with Gasteiger partial charge in [0.15, 0.2) is 0 Å². The van der Waals surface area contributed by atoms with Crippen LogP contribution in [0.2, 0.25) is 5.02 Å². The molecule has 2 heterocycles. The molecule has 0 radical (unpaired) electrons. The van der Waals surface area contributed by atoms with Gasteiger partial charge in [0.2, 0.25) is 5.91 Å². The summed E-state index contributed by atoms with van der Waals surface area (Å²) >= 11 is 6.41. The lowest BCUT2D eigenvalue weighted by molar-refractivity contribution is -0.135. The Morgan fingerprint density at radius 2 is 1.86 bits per heavy atom. The molecule has 1 amide bonds. The van der Waals surface area contributed by atoms with Crippen LogP contribution >= 0.6 is 11.6 Å². The van der Waals surface area contributed by atoms with Crippen molar-refractivity contribution in [1.82, 2.24) is 20.0 Å². The number of carbonyl (C=O) groups is 1. The van der Waals surface area contributed by atoms with Gasteiger partial charge < -0.3 is 15.1 Å². The first-order valence-electron chi connectivity index (χ1n) is 10.7. The number of likely N-dealkylation sites (N-methyl/N-ethyl adjacent to an activating group) is 1. The summed E-state index contributed by atoms with van der Waals surface area (Å²) in [5.41, 5.74) is 1.10. The summed E-state index contributed by atoms with van der Waals surface area (Å²) in [6, 6.07) is 8.83. The monoisotopic (exact) mass is 406 g/mol. The van der Waals surface area contributed by atoms with E-state index in [1.165, 1.54) is 12.8 Å². The van der Waals surface area contributed by atoms with Gasteiger partial charge in [-0.1, -0.05) is 29.8 Å². The molecule has 0 saturated carbocycles. The average molecular weight is 407 g/mol. The molecule has 1 aromatic rings. The molecule has 1 N–H and O–H groups in total. The van der Waals surface area contributed by atoms with Crippen molar-refractivity contribution in [2.45, 2.75) is 57.8 Å². The zero-order valence-electron chi connectivity index (χ0n) is 17.5. The van der Waals surface area contributed by atoms with E-state index in [1.54, 1.807) is 0 Å². The second-order valence-corrected chi connectivity index (χ2v) is 8.63. The molecule has 2 aliphatic heterocycles. The maximum Gasteiger partial charge on any atom is 0.239 e. The first-order chi connectivity index (χ1) is 13.5. The lowest BCUT2D eigenvalue weighted by Crippen LogP contribution is -2.46. The predicted octanol–water partition coefficient (Wildman–Crippen LogP) is 2.84. The van der Waals surface area contributed by atoms with Crippen molar-refractivity contribution < 1.29 is 4.79 Å². The molecule has 0 aliphatic carbocycles. The molecular formula is C22H35ClN4O. The van der Waals surface area contributed by atoms with Crippen LogP contribution in [0.1, 0.15) is 38.7 Å². The molecule has 0 aromatic heterocycles. The van der Waals surface area contributed by atoms with Crippen LogP contribution in [0.5, 0.6) is 0 Å². The Kier molecular flexibility index (Phi) is 7.75. The van der Waals surface area contributed by atoms with Crippen molar-refractivity contribution in [3.05, 3.63) is 34.9 Å². The van der Waals surface area contributed by atoms with Crippen molar-refractivity contribution in [3.8, 4) is 0 Å². The van der Waals surface area contributed by atoms with Gasteiger partial charge in [0.1, 0.15) is 0 Å². The number of nitrogens with zero attached hydrogens (tertiary/aromatic N) is 3. The zero-order chi connectivity index (χ0) is 20.1. The summed E-state index contributed by atoms with van der Waals surface area (Å²) in [7, 11) is 2.19. The van der Waals surface area contributed by atoms with E-state index >= 15 is 0 Å². The highest BCUT2D eigenvalue weighted by Crippen LogP contribution is 2.26. The Morgan fingerprint density at radius 1 is 1.18 bits per heavy atom. The number of nitrogens with one attached hydrogen (secondary N) is 1. The largest absolute Gasteiger partial charge is 0.342 e. The first kappa shape index (κ1) is 21.6. The van der Waals surface area contributed by atoms with Gasteiger partial charge in [-0.2, -0.15) is 0 Å². The normalized spacial score (nSPS) is 24.6.